The van der Waals surface area contributed by atoms with E-state index in [4.69, 9.17) is 11.6 Å². The Bertz CT molecular complexity index is 1410. The molecule has 0 aliphatic heterocycles. The van der Waals surface area contributed by atoms with Crippen LogP contribution in [0.15, 0.2) is 63.5 Å². The van der Waals surface area contributed by atoms with Crippen LogP contribution in [0.4, 0.5) is 14.5 Å². The van der Waals surface area contributed by atoms with Gasteiger partial charge in [-0.05, 0) is 35.2 Å². The van der Waals surface area contributed by atoms with Crippen LogP contribution in [0.1, 0.15) is 5.56 Å². The first-order valence-corrected chi connectivity index (χ1v) is 10.3. The highest BCUT2D eigenvalue weighted by atomic mass is 35.5. The van der Waals surface area contributed by atoms with Crippen LogP contribution in [0.25, 0.3) is 10.2 Å². The van der Waals surface area contributed by atoms with E-state index in [2.05, 4.69) is 5.32 Å². The lowest BCUT2D eigenvalue weighted by molar-refractivity contribution is -0.116. The van der Waals surface area contributed by atoms with Crippen LogP contribution in [0.2, 0.25) is 5.02 Å². The van der Waals surface area contributed by atoms with Crippen molar-refractivity contribution in [3.05, 3.63) is 97.0 Å². The number of carbonyl (C=O) groups excluding carboxylic acids is 1. The third-order valence-corrected chi connectivity index (χ3v) is 5.83. The highest BCUT2D eigenvalue weighted by Gasteiger charge is 2.17. The molecular weight excluding hydrogens is 448 g/mol. The van der Waals surface area contributed by atoms with Gasteiger partial charge >= 0.3 is 5.69 Å². The summed E-state index contributed by atoms with van der Waals surface area (Å²) in [5.74, 6) is -2.37. The highest BCUT2D eigenvalue weighted by Crippen LogP contribution is 2.18. The van der Waals surface area contributed by atoms with Crippen molar-refractivity contribution in [3.63, 3.8) is 0 Å². The van der Waals surface area contributed by atoms with E-state index in [1.807, 2.05) is 0 Å². The third-order valence-electron chi connectivity index (χ3n) is 4.57. The average Bonchev–Trinajstić information content (AvgIpc) is 3.19. The summed E-state index contributed by atoms with van der Waals surface area (Å²) in [5, 5.41) is 4.41. The number of benzene rings is 2. The summed E-state index contributed by atoms with van der Waals surface area (Å²) in [5.41, 5.74) is -0.391. The maximum atomic E-state index is 13.4. The van der Waals surface area contributed by atoms with E-state index >= 15 is 0 Å². The molecule has 0 atom stereocenters. The van der Waals surface area contributed by atoms with Crippen molar-refractivity contribution in [2.75, 3.05) is 5.32 Å². The third kappa shape index (κ3) is 4.28. The monoisotopic (exact) mass is 461 g/mol. The van der Waals surface area contributed by atoms with Crippen molar-refractivity contribution in [2.45, 2.75) is 13.1 Å². The lowest BCUT2D eigenvalue weighted by Crippen LogP contribution is -2.41. The molecule has 1 amide bonds. The van der Waals surface area contributed by atoms with Gasteiger partial charge in [0, 0.05) is 16.8 Å². The number of carbonyl (C=O) groups is 1. The Labute approximate surface area is 182 Å². The number of anilines is 1. The molecule has 158 valence electrons. The summed E-state index contributed by atoms with van der Waals surface area (Å²) in [6.45, 7) is -0.519. The molecule has 0 bridgehead atoms. The molecule has 1 N–H and O–H groups in total. The Hall–Kier alpha value is -3.30. The van der Waals surface area contributed by atoms with Crippen LogP contribution in [-0.2, 0) is 17.9 Å². The van der Waals surface area contributed by atoms with E-state index in [1.165, 1.54) is 0 Å². The second-order valence-electron chi connectivity index (χ2n) is 6.69. The van der Waals surface area contributed by atoms with E-state index in [-0.39, 0.29) is 12.2 Å². The topological polar surface area (TPSA) is 73.1 Å². The fourth-order valence-corrected chi connectivity index (χ4v) is 4.23. The molecule has 2 heterocycles. The smallest absolute Gasteiger partial charge is 0.324 e. The number of amides is 1. The molecule has 31 heavy (non-hydrogen) atoms. The summed E-state index contributed by atoms with van der Waals surface area (Å²) < 4.78 is 29.2. The van der Waals surface area contributed by atoms with Gasteiger partial charge in [-0.2, -0.15) is 0 Å². The lowest BCUT2D eigenvalue weighted by Gasteiger charge is -2.13. The van der Waals surface area contributed by atoms with Crippen molar-refractivity contribution in [2.24, 2.45) is 0 Å². The average molecular weight is 462 g/mol. The summed E-state index contributed by atoms with van der Waals surface area (Å²) in [6, 6.07) is 11.0. The summed E-state index contributed by atoms with van der Waals surface area (Å²) in [6.07, 6.45) is 0. The molecule has 2 aromatic heterocycles. The number of fused-ring (bicyclic) bond motifs is 1. The zero-order valence-corrected chi connectivity index (χ0v) is 17.3. The largest absolute Gasteiger partial charge is 0.332 e. The van der Waals surface area contributed by atoms with Gasteiger partial charge in [0.15, 0.2) is 0 Å². The predicted octanol–water partition coefficient (Wildman–Crippen LogP) is 3.84. The highest BCUT2D eigenvalue weighted by molar-refractivity contribution is 7.17. The first kappa shape index (κ1) is 21.0. The van der Waals surface area contributed by atoms with Crippen LogP contribution in [0.3, 0.4) is 0 Å². The van der Waals surface area contributed by atoms with Gasteiger partial charge in [0.1, 0.15) is 22.9 Å². The van der Waals surface area contributed by atoms with Gasteiger partial charge in [-0.1, -0.05) is 29.8 Å². The second kappa shape index (κ2) is 8.44. The number of aromatic nitrogens is 2. The Balaban J connectivity index is 1.73. The summed E-state index contributed by atoms with van der Waals surface area (Å²) in [4.78, 5) is 38.5. The Kier molecular flexibility index (Phi) is 5.71. The Morgan fingerprint density at radius 1 is 1.03 bits per heavy atom. The molecule has 0 aliphatic rings. The van der Waals surface area contributed by atoms with E-state index in [0.717, 1.165) is 32.6 Å². The van der Waals surface area contributed by atoms with Gasteiger partial charge in [0.25, 0.3) is 5.56 Å². The minimum atomic E-state index is -0.846. The molecule has 0 radical (unpaired) electrons. The zero-order valence-electron chi connectivity index (χ0n) is 15.8. The first-order chi connectivity index (χ1) is 14.8. The molecule has 4 rings (SSSR count). The molecule has 0 saturated heterocycles. The maximum Gasteiger partial charge on any atom is 0.332 e. The Morgan fingerprint density at radius 3 is 2.45 bits per heavy atom. The molecular formula is C21H14ClF2N3O3S. The molecule has 4 aromatic rings. The van der Waals surface area contributed by atoms with E-state index < -0.39 is 35.3 Å². The van der Waals surface area contributed by atoms with Crippen LogP contribution in [0, 0.1) is 11.6 Å². The van der Waals surface area contributed by atoms with Crippen LogP contribution in [0.5, 0.6) is 0 Å². The quantitative estimate of drug-likeness (QED) is 0.490. The standard InChI is InChI=1S/C21H14ClF2N3O3S/c22-16-4-2-1-3-12(16)10-27-20(29)19-17(5-6-31-19)26(21(27)30)11-18(28)25-15-8-13(23)7-14(24)9-15/h1-9H,10-11H2,(H,25,28). The molecule has 0 aliphatic carbocycles. The van der Waals surface area contributed by atoms with Crippen LogP contribution < -0.4 is 16.6 Å². The lowest BCUT2D eigenvalue weighted by atomic mass is 10.2. The number of nitrogens with zero attached hydrogens (tertiary/aromatic N) is 2. The number of hydrogen-bond donors (Lipinski definition) is 1. The summed E-state index contributed by atoms with van der Waals surface area (Å²) >= 11 is 7.31. The zero-order chi connectivity index (χ0) is 22.1. The molecule has 0 unspecified atom stereocenters. The van der Waals surface area contributed by atoms with Gasteiger partial charge in [-0.3, -0.25) is 18.7 Å². The van der Waals surface area contributed by atoms with Gasteiger partial charge in [-0.25, -0.2) is 13.6 Å². The molecule has 0 spiro atoms. The maximum absolute atomic E-state index is 13.4. The number of hydrogen-bond acceptors (Lipinski definition) is 4. The fourth-order valence-electron chi connectivity index (χ4n) is 3.19. The van der Waals surface area contributed by atoms with E-state index in [0.29, 0.717) is 26.9 Å². The van der Waals surface area contributed by atoms with Crippen molar-refractivity contribution < 1.29 is 13.6 Å². The van der Waals surface area contributed by atoms with Crippen molar-refractivity contribution in [1.29, 1.82) is 0 Å². The first-order valence-electron chi connectivity index (χ1n) is 9.03. The van der Waals surface area contributed by atoms with Crippen LogP contribution >= 0.6 is 22.9 Å². The van der Waals surface area contributed by atoms with E-state index in [1.54, 1.807) is 35.7 Å². The van der Waals surface area contributed by atoms with Crippen LogP contribution in [-0.4, -0.2) is 15.0 Å². The SMILES string of the molecule is O=C(Cn1c(=O)n(Cc2ccccc2Cl)c(=O)c2sccc21)Nc1cc(F)cc(F)c1. The minimum absolute atomic E-state index is 0.0676. The fraction of sp³-hybridized carbons (Fsp3) is 0.0952. The van der Waals surface area contributed by atoms with Gasteiger partial charge < -0.3 is 5.32 Å². The molecule has 0 fully saturated rings. The summed E-state index contributed by atoms with van der Waals surface area (Å²) in [7, 11) is 0. The minimum Gasteiger partial charge on any atom is -0.324 e. The molecule has 6 nitrogen and oxygen atoms in total. The molecule has 0 saturated carbocycles. The van der Waals surface area contributed by atoms with Gasteiger partial charge in [-0.15, -0.1) is 11.3 Å². The van der Waals surface area contributed by atoms with E-state index in [9.17, 15) is 23.2 Å². The number of halogens is 3. The van der Waals surface area contributed by atoms with Crippen molar-refractivity contribution >= 4 is 44.7 Å². The molecule has 10 heteroatoms. The van der Waals surface area contributed by atoms with Crippen molar-refractivity contribution in [1.82, 2.24) is 9.13 Å². The number of nitrogens with one attached hydrogen (secondary N) is 1. The van der Waals surface area contributed by atoms with Gasteiger partial charge in [0.2, 0.25) is 5.91 Å². The van der Waals surface area contributed by atoms with Crippen molar-refractivity contribution in [3.8, 4) is 0 Å². The normalized spacial score (nSPS) is 11.1. The Morgan fingerprint density at radius 2 is 1.74 bits per heavy atom. The second-order valence-corrected chi connectivity index (χ2v) is 8.02. The number of rotatable bonds is 5. The molecule has 2 aromatic carbocycles. The number of thiophene rings is 1. The predicted molar refractivity (Wildman–Crippen MR) is 116 cm³/mol. The van der Waals surface area contributed by atoms with Gasteiger partial charge in [0.05, 0.1) is 12.1 Å².